The zero-order valence-electron chi connectivity index (χ0n) is 7.86. The molecular weight excluding hydrogens is 182 g/mol. The lowest BCUT2D eigenvalue weighted by Crippen LogP contribution is -2.15. The molecule has 1 aliphatic rings. The fourth-order valence-corrected chi connectivity index (χ4v) is 2.36. The number of hydrogen-bond acceptors (Lipinski definition) is 3. The molecule has 1 aliphatic carbocycles. The summed E-state index contributed by atoms with van der Waals surface area (Å²) in [5, 5.41) is 12.8. The van der Waals surface area contributed by atoms with Gasteiger partial charge in [0.15, 0.2) is 0 Å². The van der Waals surface area contributed by atoms with Gasteiger partial charge in [-0.15, -0.1) is 11.3 Å². The third-order valence-corrected chi connectivity index (χ3v) is 3.55. The fourth-order valence-electron chi connectivity index (χ4n) is 1.70. The molecule has 1 heterocycles. The normalized spacial score (nSPS) is 19.8. The van der Waals surface area contributed by atoms with E-state index in [0.717, 1.165) is 23.0 Å². The summed E-state index contributed by atoms with van der Waals surface area (Å²) < 4.78 is 0. The van der Waals surface area contributed by atoms with Crippen LogP contribution in [0.1, 0.15) is 42.5 Å². The molecule has 1 atom stereocenters. The number of nitrogens with zero attached hydrogens (tertiary/aromatic N) is 1. The van der Waals surface area contributed by atoms with Crippen LogP contribution in [0.3, 0.4) is 0 Å². The van der Waals surface area contributed by atoms with E-state index in [4.69, 9.17) is 0 Å². The zero-order valence-corrected chi connectivity index (χ0v) is 8.68. The van der Waals surface area contributed by atoms with Gasteiger partial charge in [-0.25, -0.2) is 4.98 Å². The fraction of sp³-hybridized carbons (Fsp3) is 0.700. The Morgan fingerprint density at radius 1 is 1.69 bits per heavy atom. The van der Waals surface area contributed by atoms with E-state index >= 15 is 0 Å². The van der Waals surface area contributed by atoms with Gasteiger partial charge in [0.2, 0.25) is 0 Å². The van der Waals surface area contributed by atoms with Gasteiger partial charge in [0.1, 0.15) is 0 Å². The molecule has 1 saturated carbocycles. The second kappa shape index (κ2) is 3.76. The summed E-state index contributed by atoms with van der Waals surface area (Å²) in [4.78, 5) is 4.29. The van der Waals surface area contributed by atoms with E-state index in [9.17, 15) is 5.11 Å². The third-order valence-electron chi connectivity index (χ3n) is 2.76. The third kappa shape index (κ3) is 2.09. The molecular formula is C10H15NOS. The van der Waals surface area contributed by atoms with Crippen molar-refractivity contribution in [3.63, 3.8) is 0 Å². The molecule has 13 heavy (non-hydrogen) atoms. The Balaban J connectivity index is 1.92. The summed E-state index contributed by atoms with van der Waals surface area (Å²) in [5.41, 5.74) is 0.870. The largest absolute Gasteiger partial charge is 0.387 e. The van der Waals surface area contributed by atoms with Crippen molar-refractivity contribution in [2.24, 2.45) is 5.92 Å². The Bertz CT molecular complexity index is 280. The molecule has 0 amide bonds. The Labute approximate surface area is 82.6 Å². The number of aliphatic hydroxyl groups excluding tert-OH is 1. The summed E-state index contributed by atoms with van der Waals surface area (Å²) in [6.07, 6.45) is 4.51. The van der Waals surface area contributed by atoms with Gasteiger partial charge in [-0.2, -0.15) is 0 Å². The Morgan fingerprint density at radius 2 is 2.46 bits per heavy atom. The molecule has 1 aromatic rings. The number of hydrogen-bond donors (Lipinski definition) is 1. The van der Waals surface area contributed by atoms with Crippen molar-refractivity contribution in [2.45, 2.75) is 38.7 Å². The first-order chi connectivity index (χ1) is 6.25. The molecule has 3 heteroatoms. The number of aromatic nitrogens is 1. The van der Waals surface area contributed by atoms with Crippen molar-refractivity contribution >= 4 is 11.3 Å². The molecule has 1 fully saturated rings. The monoisotopic (exact) mass is 197 g/mol. The van der Waals surface area contributed by atoms with E-state index in [1.165, 1.54) is 19.3 Å². The summed E-state index contributed by atoms with van der Waals surface area (Å²) >= 11 is 1.61. The van der Waals surface area contributed by atoms with Crippen molar-refractivity contribution in [3.05, 3.63) is 16.1 Å². The second-order valence-electron chi connectivity index (χ2n) is 3.84. The molecule has 0 bridgehead atoms. The number of rotatable bonds is 3. The van der Waals surface area contributed by atoms with Crippen LogP contribution in [0, 0.1) is 12.8 Å². The van der Waals surface area contributed by atoms with Crippen molar-refractivity contribution < 1.29 is 5.11 Å². The van der Waals surface area contributed by atoms with Gasteiger partial charge in [-0.3, -0.25) is 0 Å². The van der Waals surface area contributed by atoms with Crippen LogP contribution in [-0.2, 0) is 0 Å². The predicted molar refractivity (Wildman–Crippen MR) is 53.8 cm³/mol. The van der Waals surface area contributed by atoms with Crippen LogP contribution in [0.4, 0.5) is 0 Å². The maximum atomic E-state index is 9.81. The lowest BCUT2D eigenvalue weighted by molar-refractivity contribution is 0.115. The first kappa shape index (κ1) is 9.16. The van der Waals surface area contributed by atoms with Gasteiger partial charge >= 0.3 is 0 Å². The zero-order chi connectivity index (χ0) is 9.26. The first-order valence-corrected chi connectivity index (χ1v) is 5.74. The molecule has 2 rings (SSSR count). The smallest absolute Gasteiger partial charge is 0.0971 e. The lowest BCUT2D eigenvalue weighted by Gasteiger charge is -2.26. The highest BCUT2D eigenvalue weighted by Gasteiger charge is 2.22. The molecule has 1 N–H and O–H groups in total. The molecule has 1 aromatic heterocycles. The quantitative estimate of drug-likeness (QED) is 0.808. The highest BCUT2D eigenvalue weighted by Crippen LogP contribution is 2.34. The average molecular weight is 197 g/mol. The highest BCUT2D eigenvalue weighted by atomic mass is 32.1. The average Bonchev–Trinajstić information content (AvgIpc) is 2.44. The molecule has 2 nitrogen and oxygen atoms in total. The number of thiazole rings is 1. The van der Waals surface area contributed by atoms with Crippen LogP contribution in [0.25, 0.3) is 0 Å². The molecule has 1 unspecified atom stereocenters. The van der Waals surface area contributed by atoms with Crippen LogP contribution in [0.5, 0.6) is 0 Å². The first-order valence-electron chi connectivity index (χ1n) is 4.86. The number of aliphatic hydroxyl groups is 1. The van der Waals surface area contributed by atoms with Gasteiger partial charge in [-0.05, 0) is 19.3 Å². The van der Waals surface area contributed by atoms with Crippen molar-refractivity contribution in [3.8, 4) is 0 Å². The highest BCUT2D eigenvalue weighted by molar-refractivity contribution is 7.09. The molecule has 0 aliphatic heterocycles. The second-order valence-corrected chi connectivity index (χ2v) is 4.90. The Morgan fingerprint density at radius 3 is 2.92 bits per heavy atom. The summed E-state index contributed by atoms with van der Waals surface area (Å²) in [5.74, 6) is 0.747. The van der Waals surface area contributed by atoms with E-state index in [0.29, 0.717) is 0 Å². The van der Waals surface area contributed by atoms with Gasteiger partial charge in [0.05, 0.1) is 16.8 Å². The molecule has 0 saturated heterocycles. The van der Waals surface area contributed by atoms with E-state index < -0.39 is 0 Å². The lowest BCUT2D eigenvalue weighted by atomic mass is 9.81. The maximum absolute atomic E-state index is 9.81. The SMILES string of the molecule is Cc1nc(C(O)CC2CCC2)cs1. The molecule has 0 aromatic carbocycles. The van der Waals surface area contributed by atoms with Crippen molar-refractivity contribution in [2.75, 3.05) is 0 Å². The van der Waals surface area contributed by atoms with E-state index in [-0.39, 0.29) is 6.10 Å². The minimum absolute atomic E-state index is 0.324. The predicted octanol–water partition coefficient (Wildman–Crippen LogP) is 2.68. The minimum Gasteiger partial charge on any atom is -0.387 e. The molecule has 0 radical (unpaired) electrons. The molecule has 72 valence electrons. The van der Waals surface area contributed by atoms with Gasteiger partial charge in [-0.1, -0.05) is 19.3 Å². The number of aryl methyl sites for hydroxylation is 1. The topological polar surface area (TPSA) is 33.1 Å². The van der Waals surface area contributed by atoms with Crippen molar-refractivity contribution in [1.82, 2.24) is 4.98 Å². The van der Waals surface area contributed by atoms with E-state index in [1.807, 2.05) is 12.3 Å². The van der Waals surface area contributed by atoms with Crippen LogP contribution in [0.2, 0.25) is 0 Å². The van der Waals surface area contributed by atoms with Gasteiger partial charge in [0, 0.05) is 5.38 Å². The van der Waals surface area contributed by atoms with Crippen LogP contribution in [0.15, 0.2) is 5.38 Å². The van der Waals surface area contributed by atoms with Crippen molar-refractivity contribution in [1.29, 1.82) is 0 Å². The maximum Gasteiger partial charge on any atom is 0.0971 e. The Hall–Kier alpha value is -0.410. The standard InChI is InChI=1S/C10H15NOS/c1-7-11-9(6-13-7)10(12)5-8-3-2-4-8/h6,8,10,12H,2-5H2,1H3. The van der Waals surface area contributed by atoms with E-state index in [1.54, 1.807) is 11.3 Å². The summed E-state index contributed by atoms with van der Waals surface area (Å²) in [6, 6.07) is 0. The van der Waals surface area contributed by atoms with Gasteiger partial charge in [0.25, 0.3) is 0 Å². The van der Waals surface area contributed by atoms with Crippen LogP contribution in [-0.4, -0.2) is 10.1 Å². The van der Waals surface area contributed by atoms with Crippen LogP contribution >= 0.6 is 11.3 Å². The Kier molecular flexibility index (Phi) is 2.65. The van der Waals surface area contributed by atoms with Gasteiger partial charge < -0.3 is 5.11 Å². The minimum atomic E-state index is -0.324. The van der Waals surface area contributed by atoms with E-state index in [2.05, 4.69) is 4.98 Å². The summed E-state index contributed by atoms with van der Waals surface area (Å²) in [6.45, 7) is 1.98. The van der Waals surface area contributed by atoms with Crippen LogP contribution < -0.4 is 0 Å². The summed E-state index contributed by atoms with van der Waals surface area (Å²) in [7, 11) is 0. The molecule has 0 spiro atoms.